The third-order valence-corrected chi connectivity index (χ3v) is 3.76. The molecule has 11 heteroatoms. The monoisotopic (exact) mass is 477 g/mol. The SMILES string of the molecule is Br.CCOC(=O)c1cc(Cl)ccc1OCCCON1C(N)=NC(N)=NC1(C)C. The van der Waals surface area contributed by atoms with Gasteiger partial charge in [-0.1, -0.05) is 11.6 Å². The number of halogens is 2. The predicted octanol–water partition coefficient (Wildman–Crippen LogP) is 2.48. The number of benzene rings is 1. The number of rotatable bonds is 8. The van der Waals surface area contributed by atoms with Gasteiger partial charge in [0.05, 0.1) is 19.8 Å². The Labute approximate surface area is 179 Å². The number of hydrogen-bond acceptors (Lipinski definition) is 9. The van der Waals surface area contributed by atoms with Crippen LogP contribution in [0.2, 0.25) is 5.02 Å². The maximum Gasteiger partial charge on any atom is 0.341 e. The number of hydrogen-bond donors (Lipinski definition) is 2. The standard InChI is InChI=1S/C17H24ClN5O4.BrH/c1-4-25-14(24)12-10-11(18)6-7-13(12)26-8-5-9-27-23-16(20)21-15(19)22-17(23,2)3;/h6-7,10H,4-5,8-9H2,1-3H3,(H4,19,20,21,22);1H. The van der Waals surface area contributed by atoms with Crippen molar-refractivity contribution in [3.05, 3.63) is 28.8 Å². The Morgan fingerprint density at radius 2 is 2.00 bits per heavy atom. The molecule has 1 aliphatic heterocycles. The molecule has 0 radical (unpaired) electrons. The van der Waals surface area contributed by atoms with Gasteiger partial charge in [-0.15, -0.1) is 17.0 Å². The molecular formula is C17H25BrClN5O4. The molecule has 1 aliphatic rings. The van der Waals surface area contributed by atoms with E-state index in [1.807, 2.05) is 0 Å². The van der Waals surface area contributed by atoms with Crippen LogP contribution in [0.3, 0.4) is 0 Å². The van der Waals surface area contributed by atoms with Crippen LogP contribution in [-0.4, -0.2) is 48.4 Å². The van der Waals surface area contributed by atoms with Crippen LogP contribution in [-0.2, 0) is 9.57 Å². The molecule has 9 nitrogen and oxygen atoms in total. The summed E-state index contributed by atoms with van der Waals surface area (Å²) >= 11 is 5.95. The zero-order chi connectivity index (χ0) is 20.0. The second-order valence-corrected chi connectivity index (χ2v) is 6.56. The van der Waals surface area contributed by atoms with Gasteiger partial charge in [-0.25, -0.2) is 9.79 Å². The number of hydroxylamine groups is 2. The molecule has 0 bridgehead atoms. The lowest BCUT2D eigenvalue weighted by molar-refractivity contribution is -0.158. The summed E-state index contributed by atoms with van der Waals surface area (Å²) in [6.45, 7) is 6.21. The Morgan fingerprint density at radius 1 is 1.29 bits per heavy atom. The van der Waals surface area contributed by atoms with E-state index in [9.17, 15) is 4.79 Å². The van der Waals surface area contributed by atoms with E-state index in [2.05, 4.69) is 9.98 Å². The van der Waals surface area contributed by atoms with E-state index in [0.29, 0.717) is 30.4 Å². The molecule has 1 aromatic carbocycles. The lowest BCUT2D eigenvalue weighted by Crippen LogP contribution is -2.53. The van der Waals surface area contributed by atoms with Gasteiger partial charge in [-0.2, -0.15) is 10.1 Å². The molecule has 156 valence electrons. The van der Waals surface area contributed by atoms with Crippen LogP contribution in [0.15, 0.2) is 28.2 Å². The van der Waals surface area contributed by atoms with Crippen molar-refractivity contribution in [2.24, 2.45) is 21.5 Å². The van der Waals surface area contributed by atoms with Crippen molar-refractivity contribution in [2.45, 2.75) is 32.9 Å². The Kier molecular flexibility index (Phi) is 8.99. The van der Waals surface area contributed by atoms with E-state index in [-0.39, 0.29) is 41.1 Å². The minimum Gasteiger partial charge on any atom is -0.493 e. The van der Waals surface area contributed by atoms with Crippen molar-refractivity contribution in [1.82, 2.24) is 5.06 Å². The maximum atomic E-state index is 12.0. The second-order valence-electron chi connectivity index (χ2n) is 6.12. The molecule has 0 aromatic heterocycles. The topological polar surface area (TPSA) is 125 Å². The van der Waals surface area contributed by atoms with Crippen molar-refractivity contribution < 1.29 is 19.1 Å². The molecular weight excluding hydrogens is 454 g/mol. The number of aliphatic imine (C=N–C) groups is 2. The first-order chi connectivity index (χ1) is 12.7. The fourth-order valence-corrected chi connectivity index (χ4v) is 2.58. The zero-order valence-corrected chi connectivity index (χ0v) is 18.4. The number of carbonyl (C=O) groups is 1. The first kappa shape index (κ1) is 24.0. The molecule has 0 saturated heterocycles. The molecule has 2 rings (SSSR count). The Morgan fingerprint density at radius 3 is 2.64 bits per heavy atom. The minimum atomic E-state index is -0.760. The van der Waals surface area contributed by atoms with Crippen molar-refractivity contribution in [3.63, 3.8) is 0 Å². The molecule has 0 unspecified atom stereocenters. The zero-order valence-electron chi connectivity index (χ0n) is 16.0. The number of esters is 1. The lowest BCUT2D eigenvalue weighted by Gasteiger charge is -2.36. The highest BCUT2D eigenvalue weighted by atomic mass is 79.9. The molecule has 28 heavy (non-hydrogen) atoms. The summed E-state index contributed by atoms with van der Waals surface area (Å²) in [4.78, 5) is 25.7. The summed E-state index contributed by atoms with van der Waals surface area (Å²) in [5, 5.41) is 1.83. The van der Waals surface area contributed by atoms with E-state index in [0.717, 1.165) is 0 Å². The molecule has 0 saturated carbocycles. The van der Waals surface area contributed by atoms with Crippen LogP contribution in [0.25, 0.3) is 0 Å². The molecule has 0 aliphatic carbocycles. The van der Waals surface area contributed by atoms with Gasteiger partial charge in [0.1, 0.15) is 11.3 Å². The summed E-state index contributed by atoms with van der Waals surface area (Å²) in [7, 11) is 0. The molecule has 4 N–H and O–H groups in total. The summed E-state index contributed by atoms with van der Waals surface area (Å²) in [5.41, 5.74) is 11.0. The molecule has 0 spiro atoms. The summed E-state index contributed by atoms with van der Waals surface area (Å²) < 4.78 is 10.7. The first-order valence-corrected chi connectivity index (χ1v) is 8.84. The Bertz CT molecular complexity index is 757. The van der Waals surface area contributed by atoms with Crippen molar-refractivity contribution in [2.75, 3.05) is 19.8 Å². The van der Waals surface area contributed by atoms with Crippen molar-refractivity contribution >= 4 is 46.5 Å². The van der Waals surface area contributed by atoms with Crippen molar-refractivity contribution in [3.8, 4) is 5.75 Å². The van der Waals surface area contributed by atoms with Crippen LogP contribution in [0.1, 0.15) is 37.6 Å². The van der Waals surface area contributed by atoms with Crippen LogP contribution < -0.4 is 16.2 Å². The van der Waals surface area contributed by atoms with Crippen LogP contribution in [0, 0.1) is 0 Å². The van der Waals surface area contributed by atoms with Crippen LogP contribution in [0.4, 0.5) is 0 Å². The normalized spacial score (nSPS) is 15.2. The third kappa shape index (κ3) is 6.25. The third-order valence-electron chi connectivity index (χ3n) is 3.53. The average Bonchev–Trinajstić information content (AvgIpc) is 2.57. The Balaban J connectivity index is 0.00000392. The average molecular weight is 479 g/mol. The van der Waals surface area contributed by atoms with Gasteiger partial charge in [-0.05, 0) is 39.0 Å². The highest BCUT2D eigenvalue weighted by Crippen LogP contribution is 2.24. The number of ether oxygens (including phenoxy) is 2. The van der Waals surface area contributed by atoms with E-state index >= 15 is 0 Å². The van der Waals surface area contributed by atoms with E-state index < -0.39 is 11.6 Å². The van der Waals surface area contributed by atoms with Gasteiger partial charge in [-0.3, -0.25) is 4.84 Å². The molecule has 0 amide bonds. The smallest absolute Gasteiger partial charge is 0.341 e. The molecule has 0 atom stereocenters. The van der Waals surface area contributed by atoms with Gasteiger partial charge >= 0.3 is 5.97 Å². The van der Waals surface area contributed by atoms with E-state index in [1.54, 1.807) is 32.9 Å². The number of nitrogens with two attached hydrogens (primary N) is 2. The number of carbonyl (C=O) groups excluding carboxylic acids is 1. The van der Waals surface area contributed by atoms with Crippen molar-refractivity contribution in [1.29, 1.82) is 0 Å². The summed E-state index contributed by atoms with van der Waals surface area (Å²) in [6.07, 6.45) is 0.532. The Hall–Kier alpha value is -2.04. The van der Waals surface area contributed by atoms with E-state index in [1.165, 1.54) is 11.1 Å². The van der Waals surface area contributed by atoms with E-state index in [4.69, 9.17) is 37.4 Å². The quantitative estimate of drug-likeness (QED) is 0.434. The maximum absolute atomic E-state index is 12.0. The fraction of sp³-hybridized carbons (Fsp3) is 0.471. The lowest BCUT2D eigenvalue weighted by atomic mass is 10.2. The van der Waals surface area contributed by atoms with Crippen LogP contribution >= 0.6 is 28.6 Å². The highest BCUT2D eigenvalue weighted by Gasteiger charge is 2.32. The predicted molar refractivity (Wildman–Crippen MR) is 113 cm³/mol. The molecule has 1 aromatic rings. The van der Waals surface area contributed by atoms with Gasteiger partial charge in [0.25, 0.3) is 0 Å². The highest BCUT2D eigenvalue weighted by molar-refractivity contribution is 8.93. The summed E-state index contributed by atoms with van der Waals surface area (Å²) in [6, 6.07) is 4.79. The fourth-order valence-electron chi connectivity index (χ4n) is 2.41. The number of nitrogens with zero attached hydrogens (tertiary/aromatic N) is 3. The van der Waals surface area contributed by atoms with Gasteiger partial charge < -0.3 is 20.9 Å². The summed E-state index contributed by atoms with van der Waals surface area (Å²) in [5.74, 6) is 0.154. The largest absolute Gasteiger partial charge is 0.493 e. The molecule has 1 heterocycles. The number of guanidine groups is 2. The first-order valence-electron chi connectivity index (χ1n) is 8.46. The second kappa shape index (κ2) is 10.5. The van der Waals surface area contributed by atoms with Gasteiger partial charge in [0.2, 0.25) is 11.9 Å². The van der Waals surface area contributed by atoms with Crippen LogP contribution in [0.5, 0.6) is 5.75 Å². The molecule has 0 fully saturated rings. The van der Waals surface area contributed by atoms with Gasteiger partial charge in [0, 0.05) is 11.4 Å². The minimum absolute atomic E-state index is 0. The van der Waals surface area contributed by atoms with Gasteiger partial charge in [0.15, 0.2) is 5.66 Å².